The van der Waals surface area contributed by atoms with E-state index in [4.69, 9.17) is 9.47 Å². The van der Waals surface area contributed by atoms with Crippen LogP contribution in [0.4, 0.5) is 0 Å². The lowest BCUT2D eigenvalue weighted by Gasteiger charge is -2.13. The fourth-order valence-corrected chi connectivity index (χ4v) is 2.92. The summed E-state index contributed by atoms with van der Waals surface area (Å²) in [5, 5.41) is 0. The first-order chi connectivity index (χ1) is 10.1. The Kier molecular flexibility index (Phi) is 6.33. The average Bonchev–Trinajstić information content (AvgIpc) is 2.46. The van der Waals surface area contributed by atoms with E-state index in [1.54, 1.807) is 7.11 Å². The molecule has 0 aromatic heterocycles. The molecule has 2 rings (SSSR count). The molecule has 0 aliphatic rings. The van der Waals surface area contributed by atoms with Crippen LogP contribution in [0.15, 0.2) is 50.3 Å². The van der Waals surface area contributed by atoms with Crippen molar-refractivity contribution in [3.05, 3.63) is 61.5 Å². The maximum absolute atomic E-state index is 5.89. The summed E-state index contributed by atoms with van der Waals surface area (Å²) in [6.45, 7) is 0.493. The van der Waals surface area contributed by atoms with E-state index in [0.717, 1.165) is 19.0 Å². The molecule has 0 unspecified atom stereocenters. The van der Waals surface area contributed by atoms with Gasteiger partial charge in [0, 0.05) is 0 Å². The molecule has 2 aromatic rings. The van der Waals surface area contributed by atoms with Crippen molar-refractivity contribution in [3.63, 3.8) is 0 Å². The highest BCUT2D eigenvalue weighted by Gasteiger charge is 2.11. The van der Waals surface area contributed by atoms with Gasteiger partial charge in [0.1, 0.15) is 6.61 Å². The van der Waals surface area contributed by atoms with Gasteiger partial charge >= 0.3 is 0 Å². The van der Waals surface area contributed by atoms with E-state index in [2.05, 4.69) is 47.8 Å². The number of benzene rings is 2. The topological polar surface area (TPSA) is 18.5 Å². The molecule has 0 bridgehead atoms. The van der Waals surface area contributed by atoms with Crippen LogP contribution in [-0.2, 0) is 6.61 Å². The minimum absolute atomic E-state index is 0.493. The molecule has 0 N–H and O–H groups in total. The number of rotatable bonds is 5. The fourth-order valence-electron chi connectivity index (χ4n) is 1.82. The zero-order chi connectivity index (χ0) is 15.2. The Labute approximate surface area is 149 Å². The highest BCUT2D eigenvalue weighted by molar-refractivity contribution is 9.28. The predicted octanol–water partition coefficient (Wildman–Crippen LogP) is 6.12. The van der Waals surface area contributed by atoms with Crippen LogP contribution in [0.5, 0.6) is 11.5 Å². The monoisotopic (exact) mass is 474 g/mol. The number of halogens is 3. The molecule has 0 heterocycles. The maximum atomic E-state index is 5.89. The van der Waals surface area contributed by atoms with Crippen LogP contribution >= 0.6 is 47.8 Å². The van der Waals surface area contributed by atoms with E-state index in [1.165, 1.54) is 0 Å². The summed E-state index contributed by atoms with van der Waals surface area (Å²) in [7, 11) is 1.63. The van der Waals surface area contributed by atoms with Crippen LogP contribution in [0.25, 0.3) is 6.08 Å². The molecule has 5 heteroatoms. The van der Waals surface area contributed by atoms with E-state index in [0.29, 0.717) is 18.1 Å². The average molecular weight is 477 g/mol. The Hall–Kier alpha value is -0.780. The molecule has 0 saturated carbocycles. The Morgan fingerprint density at radius 1 is 1.14 bits per heavy atom. The molecule has 0 aliphatic heterocycles. The first-order valence-electron chi connectivity index (χ1n) is 6.17. The van der Waals surface area contributed by atoms with Gasteiger partial charge in [-0.3, -0.25) is 0 Å². The Morgan fingerprint density at radius 2 is 1.86 bits per heavy atom. The van der Waals surface area contributed by atoms with E-state index in [9.17, 15) is 0 Å². The van der Waals surface area contributed by atoms with Gasteiger partial charge in [-0.15, -0.1) is 0 Å². The summed E-state index contributed by atoms with van der Waals surface area (Å²) in [5.74, 6) is 1.39. The number of hydrogen-bond donors (Lipinski definition) is 0. The van der Waals surface area contributed by atoms with Crippen molar-refractivity contribution in [1.82, 2.24) is 0 Å². The SMILES string of the molecule is COc1cc(C=C(Br)Br)cc(Br)c1OCc1ccccc1. The van der Waals surface area contributed by atoms with Gasteiger partial charge in [-0.25, -0.2) is 0 Å². The van der Waals surface area contributed by atoms with Crippen molar-refractivity contribution in [2.24, 2.45) is 0 Å². The summed E-state index contributed by atoms with van der Waals surface area (Å²) < 4.78 is 13.0. The molecular formula is C16H13Br3O2. The van der Waals surface area contributed by atoms with Crippen molar-refractivity contribution in [3.8, 4) is 11.5 Å². The number of ether oxygens (including phenoxy) is 2. The van der Waals surface area contributed by atoms with Gasteiger partial charge in [-0.05, 0) is 77.1 Å². The quantitative estimate of drug-likeness (QED) is 0.517. The zero-order valence-electron chi connectivity index (χ0n) is 11.3. The third kappa shape index (κ3) is 4.87. The molecule has 0 spiro atoms. The highest BCUT2D eigenvalue weighted by atomic mass is 79.9. The highest BCUT2D eigenvalue weighted by Crippen LogP contribution is 2.38. The van der Waals surface area contributed by atoms with E-state index in [1.807, 2.05) is 48.5 Å². The lowest BCUT2D eigenvalue weighted by atomic mass is 10.2. The lowest BCUT2D eigenvalue weighted by molar-refractivity contribution is 0.282. The second kappa shape index (κ2) is 8.01. The second-order valence-electron chi connectivity index (χ2n) is 4.24. The zero-order valence-corrected chi connectivity index (χ0v) is 16.0. The number of hydrogen-bond acceptors (Lipinski definition) is 2. The summed E-state index contributed by atoms with van der Waals surface area (Å²) in [6.07, 6.45) is 1.94. The molecule has 110 valence electrons. The van der Waals surface area contributed by atoms with Crippen LogP contribution < -0.4 is 9.47 Å². The molecule has 2 aromatic carbocycles. The maximum Gasteiger partial charge on any atom is 0.175 e. The van der Waals surface area contributed by atoms with Gasteiger partial charge < -0.3 is 9.47 Å². The molecule has 0 amide bonds. The minimum atomic E-state index is 0.493. The van der Waals surface area contributed by atoms with E-state index < -0.39 is 0 Å². The predicted molar refractivity (Wildman–Crippen MR) is 97.3 cm³/mol. The van der Waals surface area contributed by atoms with E-state index >= 15 is 0 Å². The van der Waals surface area contributed by atoms with Crippen molar-refractivity contribution < 1.29 is 9.47 Å². The van der Waals surface area contributed by atoms with Crippen molar-refractivity contribution in [1.29, 1.82) is 0 Å². The first-order valence-corrected chi connectivity index (χ1v) is 8.55. The number of methoxy groups -OCH3 is 1. The minimum Gasteiger partial charge on any atom is -0.493 e. The van der Waals surface area contributed by atoms with Gasteiger partial charge in [-0.2, -0.15) is 0 Å². The lowest BCUT2D eigenvalue weighted by Crippen LogP contribution is -1.98. The second-order valence-corrected chi connectivity index (χ2v) is 7.87. The normalized spacial score (nSPS) is 10.1. The van der Waals surface area contributed by atoms with Crippen molar-refractivity contribution >= 4 is 53.9 Å². The van der Waals surface area contributed by atoms with Gasteiger partial charge in [0.15, 0.2) is 11.5 Å². The summed E-state index contributed by atoms with van der Waals surface area (Å²) >= 11 is 10.2. The van der Waals surface area contributed by atoms with Crippen LogP contribution in [0.3, 0.4) is 0 Å². The molecule has 2 nitrogen and oxygen atoms in total. The molecular weight excluding hydrogens is 464 g/mol. The van der Waals surface area contributed by atoms with Crippen LogP contribution in [0.1, 0.15) is 11.1 Å². The molecule has 0 saturated heterocycles. The summed E-state index contributed by atoms with van der Waals surface area (Å²) in [4.78, 5) is 0. The molecule has 0 radical (unpaired) electrons. The van der Waals surface area contributed by atoms with Crippen molar-refractivity contribution in [2.45, 2.75) is 6.61 Å². The Morgan fingerprint density at radius 3 is 2.48 bits per heavy atom. The molecule has 21 heavy (non-hydrogen) atoms. The first kappa shape index (κ1) is 16.6. The smallest absolute Gasteiger partial charge is 0.175 e. The third-order valence-electron chi connectivity index (χ3n) is 2.75. The largest absolute Gasteiger partial charge is 0.493 e. The summed E-state index contributed by atoms with van der Waals surface area (Å²) in [6, 6.07) is 13.9. The Bertz CT molecular complexity index is 635. The molecule has 0 fully saturated rings. The van der Waals surface area contributed by atoms with Crippen LogP contribution in [0.2, 0.25) is 0 Å². The fraction of sp³-hybridized carbons (Fsp3) is 0.125. The Balaban J connectivity index is 2.24. The van der Waals surface area contributed by atoms with Crippen molar-refractivity contribution in [2.75, 3.05) is 7.11 Å². The van der Waals surface area contributed by atoms with Crippen LogP contribution in [0, 0.1) is 0 Å². The van der Waals surface area contributed by atoms with E-state index in [-0.39, 0.29) is 0 Å². The standard InChI is InChI=1S/C16H13Br3O2/c1-20-14-8-12(9-15(18)19)7-13(17)16(14)21-10-11-5-3-2-4-6-11/h2-9H,10H2,1H3. The molecule has 0 aliphatic carbocycles. The van der Waals surface area contributed by atoms with Gasteiger partial charge in [-0.1, -0.05) is 30.3 Å². The van der Waals surface area contributed by atoms with Gasteiger partial charge in [0.05, 0.1) is 15.0 Å². The summed E-state index contributed by atoms with van der Waals surface area (Å²) in [5.41, 5.74) is 2.10. The third-order valence-corrected chi connectivity index (χ3v) is 3.80. The van der Waals surface area contributed by atoms with Crippen LogP contribution in [-0.4, -0.2) is 7.11 Å². The van der Waals surface area contributed by atoms with Gasteiger partial charge in [0.2, 0.25) is 0 Å². The van der Waals surface area contributed by atoms with Gasteiger partial charge in [0.25, 0.3) is 0 Å². The molecule has 0 atom stereocenters.